The second-order valence-electron chi connectivity index (χ2n) is 10.7. The fourth-order valence-electron chi connectivity index (χ4n) is 5.98. The van der Waals surface area contributed by atoms with E-state index in [0.717, 1.165) is 54.8 Å². The molecule has 0 saturated carbocycles. The zero-order chi connectivity index (χ0) is 27.1. The number of ether oxygens (including phenoxy) is 2. The number of likely N-dealkylation sites (tertiary alicyclic amines) is 1. The Morgan fingerprint density at radius 2 is 1.82 bits per heavy atom. The highest BCUT2D eigenvalue weighted by molar-refractivity contribution is 6.04. The number of carbonyl (C=O) groups excluding carboxylic acids is 2. The molecule has 2 unspecified atom stereocenters. The fourth-order valence-corrected chi connectivity index (χ4v) is 5.98. The summed E-state index contributed by atoms with van der Waals surface area (Å²) in [6.07, 6.45) is 2.85. The largest absolute Gasteiger partial charge is 0.497 e. The summed E-state index contributed by atoms with van der Waals surface area (Å²) < 4.78 is 11.6. The minimum atomic E-state index is -0.423. The van der Waals surface area contributed by atoms with E-state index in [2.05, 4.69) is 31.3 Å². The normalized spacial score (nSPS) is 23.4. The summed E-state index contributed by atoms with van der Waals surface area (Å²) in [7, 11) is 1.61. The monoisotopic (exact) mass is 523 g/mol. The van der Waals surface area contributed by atoms with Gasteiger partial charge in [0.05, 0.1) is 52.0 Å². The molecule has 2 aromatic carbocycles. The maximum Gasteiger partial charge on any atom is 0.255 e. The molecule has 2 aromatic rings. The molecular formula is C30H43N4O4+. The molecule has 206 valence electrons. The van der Waals surface area contributed by atoms with Gasteiger partial charge in [0, 0.05) is 43.6 Å². The lowest BCUT2D eigenvalue weighted by molar-refractivity contribution is -0.953. The van der Waals surface area contributed by atoms with E-state index in [1.54, 1.807) is 31.4 Å². The molecule has 0 radical (unpaired) electrons. The molecule has 2 heterocycles. The number of methoxy groups -OCH3 is 1. The van der Waals surface area contributed by atoms with Gasteiger partial charge in [0.2, 0.25) is 5.91 Å². The number of amides is 2. The summed E-state index contributed by atoms with van der Waals surface area (Å²) in [6, 6.07) is 15.2. The molecule has 2 fully saturated rings. The van der Waals surface area contributed by atoms with Crippen LogP contribution in [0.1, 0.15) is 42.6 Å². The lowest BCUT2D eigenvalue weighted by Gasteiger charge is -2.48. The average molecular weight is 524 g/mol. The molecule has 38 heavy (non-hydrogen) atoms. The van der Waals surface area contributed by atoms with Crippen LogP contribution < -0.4 is 15.8 Å². The van der Waals surface area contributed by atoms with Crippen molar-refractivity contribution in [3.63, 3.8) is 0 Å². The first kappa shape index (κ1) is 28.1. The van der Waals surface area contributed by atoms with Crippen molar-refractivity contribution in [3.05, 3.63) is 59.7 Å². The van der Waals surface area contributed by atoms with Crippen LogP contribution in [0.25, 0.3) is 0 Å². The number of carbonyl (C=O) groups is 2. The number of nitrogens with zero attached hydrogens (tertiary/aromatic N) is 2. The van der Waals surface area contributed by atoms with Gasteiger partial charge in [-0.15, -0.1) is 0 Å². The maximum atomic E-state index is 12.9. The van der Waals surface area contributed by atoms with Crippen LogP contribution in [-0.4, -0.2) is 86.3 Å². The van der Waals surface area contributed by atoms with Gasteiger partial charge in [-0.05, 0) is 61.7 Å². The second kappa shape index (κ2) is 12.7. The molecule has 0 bridgehead atoms. The van der Waals surface area contributed by atoms with Gasteiger partial charge in [-0.2, -0.15) is 0 Å². The Balaban J connectivity index is 1.34. The third-order valence-corrected chi connectivity index (χ3v) is 8.64. The molecule has 8 heteroatoms. The van der Waals surface area contributed by atoms with E-state index in [4.69, 9.17) is 15.2 Å². The predicted molar refractivity (Wildman–Crippen MR) is 149 cm³/mol. The minimum Gasteiger partial charge on any atom is -0.497 e. The number of likely N-dealkylation sites (N-methyl/N-ethyl adjacent to an activating group) is 1. The number of quaternary nitrogens is 1. The number of benzene rings is 2. The van der Waals surface area contributed by atoms with Gasteiger partial charge < -0.3 is 29.9 Å². The number of nitrogens with two attached hydrogens (primary N) is 1. The first-order chi connectivity index (χ1) is 18.3. The van der Waals surface area contributed by atoms with E-state index in [0.29, 0.717) is 37.9 Å². The quantitative estimate of drug-likeness (QED) is 0.492. The number of rotatable bonds is 9. The third kappa shape index (κ3) is 6.54. The summed E-state index contributed by atoms with van der Waals surface area (Å²) in [6.45, 7) is 10.2. The lowest BCUT2D eigenvalue weighted by atomic mass is 9.86. The Bertz CT molecular complexity index is 1080. The number of nitrogens with one attached hydrogen (secondary N) is 1. The molecule has 0 aromatic heterocycles. The predicted octanol–water partition coefficient (Wildman–Crippen LogP) is 3.31. The van der Waals surface area contributed by atoms with Gasteiger partial charge in [0.25, 0.3) is 5.91 Å². The van der Waals surface area contributed by atoms with Crippen LogP contribution in [0.4, 0.5) is 5.69 Å². The van der Waals surface area contributed by atoms with Gasteiger partial charge >= 0.3 is 0 Å². The first-order valence-corrected chi connectivity index (χ1v) is 13.9. The van der Waals surface area contributed by atoms with Gasteiger partial charge in [0.1, 0.15) is 5.75 Å². The Kier molecular flexibility index (Phi) is 9.41. The third-order valence-electron chi connectivity index (χ3n) is 8.64. The highest BCUT2D eigenvalue weighted by Crippen LogP contribution is 2.30. The summed E-state index contributed by atoms with van der Waals surface area (Å²) in [5.74, 6) is 0.892. The molecule has 2 amide bonds. The molecule has 8 nitrogen and oxygen atoms in total. The second-order valence-corrected chi connectivity index (χ2v) is 10.7. The average Bonchev–Trinajstić information content (AvgIpc) is 2.97. The zero-order valence-corrected chi connectivity index (χ0v) is 23.0. The molecule has 2 atom stereocenters. The minimum absolute atomic E-state index is 0.0800. The highest BCUT2D eigenvalue weighted by Gasteiger charge is 2.40. The summed E-state index contributed by atoms with van der Waals surface area (Å²) in [4.78, 5) is 27.5. The van der Waals surface area contributed by atoms with E-state index in [1.807, 2.05) is 17.0 Å². The number of morpholine rings is 1. The van der Waals surface area contributed by atoms with Crippen molar-refractivity contribution in [1.82, 2.24) is 4.90 Å². The fraction of sp³-hybridized carbons (Fsp3) is 0.533. The number of hydrogen-bond donors (Lipinski definition) is 2. The van der Waals surface area contributed by atoms with Gasteiger partial charge in [-0.3, -0.25) is 9.59 Å². The van der Waals surface area contributed by atoms with Gasteiger partial charge in [0.15, 0.2) is 0 Å². The zero-order valence-electron chi connectivity index (χ0n) is 23.0. The van der Waals surface area contributed by atoms with Crippen LogP contribution in [0.15, 0.2) is 48.5 Å². The summed E-state index contributed by atoms with van der Waals surface area (Å²) in [5, 5.41) is 3.03. The molecule has 0 spiro atoms. The van der Waals surface area contributed by atoms with E-state index in [1.165, 1.54) is 5.56 Å². The van der Waals surface area contributed by atoms with E-state index in [9.17, 15) is 9.59 Å². The van der Waals surface area contributed by atoms with Crippen molar-refractivity contribution in [2.75, 3.05) is 58.4 Å². The molecule has 4 rings (SSSR count). The van der Waals surface area contributed by atoms with Gasteiger partial charge in [-0.1, -0.05) is 12.1 Å². The van der Waals surface area contributed by atoms with Crippen molar-refractivity contribution >= 4 is 17.5 Å². The smallest absolute Gasteiger partial charge is 0.255 e. The Hall–Kier alpha value is -2.94. The Morgan fingerprint density at radius 3 is 2.45 bits per heavy atom. The Labute approximate surface area is 226 Å². The van der Waals surface area contributed by atoms with Crippen molar-refractivity contribution in [2.24, 2.45) is 11.7 Å². The standard InChI is InChI=1S/C30H42N4O4/c1-4-34(16-12-24(13-17-34)28(31)30(36)33-14-18-38-19-15-33)22(2)20-23-6-5-7-26(21-23)32-29(35)25-8-10-27(37-3)11-9-25/h5-11,21-22,24,28H,4,12-20,31H2,1-3H3/p+1. The SMILES string of the molecule is CC[N+]1(C(C)Cc2cccc(NC(=O)c3ccc(OC)cc3)c2)CCC(C(N)C(=O)N2CCOCC2)CC1. The van der Waals surface area contributed by atoms with E-state index < -0.39 is 6.04 Å². The van der Waals surface area contributed by atoms with E-state index in [-0.39, 0.29) is 17.7 Å². The number of piperidine rings is 1. The van der Waals surface area contributed by atoms with Crippen molar-refractivity contribution in [2.45, 2.75) is 45.2 Å². The highest BCUT2D eigenvalue weighted by atomic mass is 16.5. The lowest BCUT2D eigenvalue weighted by Crippen LogP contribution is -2.61. The Morgan fingerprint density at radius 1 is 1.13 bits per heavy atom. The molecular weight excluding hydrogens is 480 g/mol. The van der Waals surface area contributed by atoms with Crippen LogP contribution in [0.5, 0.6) is 5.75 Å². The van der Waals surface area contributed by atoms with Crippen LogP contribution in [0.2, 0.25) is 0 Å². The van der Waals surface area contributed by atoms with Crippen molar-refractivity contribution in [3.8, 4) is 5.75 Å². The molecule has 3 N–H and O–H groups in total. The van der Waals surface area contributed by atoms with Crippen LogP contribution >= 0.6 is 0 Å². The van der Waals surface area contributed by atoms with Crippen LogP contribution in [-0.2, 0) is 16.0 Å². The van der Waals surface area contributed by atoms with Crippen molar-refractivity contribution in [1.29, 1.82) is 0 Å². The molecule has 2 aliphatic rings. The molecule has 0 aliphatic carbocycles. The van der Waals surface area contributed by atoms with Crippen LogP contribution in [0.3, 0.4) is 0 Å². The molecule has 2 aliphatic heterocycles. The number of anilines is 1. The summed E-state index contributed by atoms with van der Waals surface area (Å²) in [5.41, 5.74) is 9.08. The topological polar surface area (TPSA) is 93.9 Å². The van der Waals surface area contributed by atoms with Crippen LogP contribution in [0, 0.1) is 5.92 Å². The summed E-state index contributed by atoms with van der Waals surface area (Å²) >= 11 is 0. The number of hydrogen-bond acceptors (Lipinski definition) is 5. The maximum absolute atomic E-state index is 12.9. The van der Waals surface area contributed by atoms with Crippen molar-refractivity contribution < 1.29 is 23.5 Å². The van der Waals surface area contributed by atoms with Gasteiger partial charge in [-0.25, -0.2) is 0 Å². The van der Waals surface area contributed by atoms with E-state index >= 15 is 0 Å². The first-order valence-electron chi connectivity index (χ1n) is 13.9. The molecule has 2 saturated heterocycles.